The molecular weight excluding hydrogens is 464 g/mol. The number of carboxylic acid groups (broad SMARTS) is 2. The van der Waals surface area contributed by atoms with E-state index in [1.807, 2.05) is 0 Å². The maximum absolute atomic E-state index is 12.6. The van der Waals surface area contributed by atoms with Gasteiger partial charge in [0.1, 0.15) is 0 Å². The van der Waals surface area contributed by atoms with Crippen molar-refractivity contribution in [2.75, 3.05) is 0 Å². The largest absolute Gasteiger partial charge is 0.478 e. The molecule has 33 heavy (non-hydrogen) atoms. The molecule has 0 atom stereocenters. The highest BCUT2D eigenvalue weighted by molar-refractivity contribution is 5.89. The van der Waals surface area contributed by atoms with Gasteiger partial charge in [-0.05, 0) is 30.3 Å². The van der Waals surface area contributed by atoms with Crippen LogP contribution in [-0.2, 0) is 12.4 Å². The molecule has 0 amide bonds. The highest BCUT2D eigenvalue weighted by Crippen LogP contribution is 2.34. The van der Waals surface area contributed by atoms with Crippen LogP contribution in [0.2, 0.25) is 0 Å². The summed E-state index contributed by atoms with van der Waals surface area (Å²) in [4.78, 5) is 21.0. The fourth-order valence-corrected chi connectivity index (χ4v) is 2.20. The molecule has 8 nitrogen and oxygen atoms in total. The first-order chi connectivity index (χ1) is 15.1. The lowest BCUT2D eigenvalue weighted by atomic mass is 10.0. The number of carbonyl (C=O) groups is 2. The Morgan fingerprint density at radius 1 is 0.848 bits per heavy atom. The predicted molar refractivity (Wildman–Crippen MR) is 101 cm³/mol. The molecule has 0 aliphatic carbocycles. The van der Waals surface area contributed by atoms with Gasteiger partial charge in [0.25, 0.3) is 0 Å². The molecule has 0 spiro atoms. The predicted octanol–water partition coefficient (Wildman–Crippen LogP) is 3.94. The van der Waals surface area contributed by atoms with E-state index in [0.29, 0.717) is 12.1 Å². The van der Waals surface area contributed by atoms with Crippen molar-refractivity contribution in [1.29, 1.82) is 5.26 Å². The molecule has 0 saturated carbocycles. The second-order valence-corrected chi connectivity index (χ2v) is 5.76. The van der Waals surface area contributed by atoms with Crippen LogP contribution in [0.5, 0.6) is 0 Å². The van der Waals surface area contributed by atoms with Crippen LogP contribution in [-0.4, -0.2) is 27.4 Å². The number of rotatable bonds is 3. The smallest absolute Gasteiger partial charge is 0.417 e. The third-order valence-corrected chi connectivity index (χ3v) is 3.61. The summed E-state index contributed by atoms with van der Waals surface area (Å²) in [6, 6.07) is 6.17. The van der Waals surface area contributed by atoms with Gasteiger partial charge < -0.3 is 21.2 Å². The zero-order valence-electron chi connectivity index (χ0n) is 16.2. The van der Waals surface area contributed by atoms with Crippen LogP contribution >= 0.6 is 0 Å². The summed E-state index contributed by atoms with van der Waals surface area (Å²) >= 11 is 0. The highest BCUT2D eigenvalue weighted by atomic mass is 19.4. The minimum atomic E-state index is -4.73. The maximum atomic E-state index is 12.6. The van der Waals surface area contributed by atoms with Crippen LogP contribution in [0, 0.1) is 11.3 Å². The molecule has 2 rings (SSSR count). The highest BCUT2D eigenvalue weighted by Gasteiger charge is 2.35. The number of carboxylic acids is 2. The van der Waals surface area contributed by atoms with Crippen molar-refractivity contribution in [1.82, 2.24) is 0 Å². The maximum Gasteiger partial charge on any atom is 0.417 e. The van der Waals surface area contributed by atoms with E-state index < -0.39 is 52.1 Å². The Labute approximate surface area is 181 Å². The molecule has 0 aliphatic rings. The van der Waals surface area contributed by atoms with Crippen molar-refractivity contribution in [3.05, 3.63) is 76.4 Å². The molecule has 7 N–H and O–H groups in total. The van der Waals surface area contributed by atoms with Gasteiger partial charge in [-0.1, -0.05) is 12.6 Å². The Hall–Kier alpha value is -4.09. The first-order valence-corrected chi connectivity index (χ1v) is 8.09. The lowest BCUT2D eigenvalue weighted by Crippen LogP contribution is -2.12. The Balaban J connectivity index is 0.000000578. The van der Waals surface area contributed by atoms with Crippen LogP contribution in [0.15, 0.2) is 43.0 Å². The summed E-state index contributed by atoms with van der Waals surface area (Å²) in [7, 11) is 0. The van der Waals surface area contributed by atoms with Gasteiger partial charge in [-0.3, -0.25) is 0 Å². The standard InChI is InChI=1S/C10H8F3NO2.C9H4F3NO2.H3NO/c1-5(14)7-3-2-6(9(15)16)4-8(7)10(11,12)13;10-9(11,12)7-3-5(8(14)15)1-2-6(7)4-13;1-2/h2-4H,1,14H2,(H,15,16);1-3H,(H,14,15);2H,1H2. The number of halogens is 6. The van der Waals surface area contributed by atoms with Crippen molar-refractivity contribution < 1.29 is 51.4 Å². The number of aromatic carboxylic acids is 2. The van der Waals surface area contributed by atoms with Gasteiger partial charge in [-0.2, -0.15) is 31.6 Å². The van der Waals surface area contributed by atoms with Crippen molar-refractivity contribution in [3.8, 4) is 6.07 Å². The van der Waals surface area contributed by atoms with Gasteiger partial charge in [0.2, 0.25) is 0 Å². The lowest BCUT2D eigenvalue weighted by molar-refractivity contribution is -0.138. The van der Waals surface area contributed by atoms with Gasteiger partial charge in [0.15, 0.2) is 0 Å². The first kappa shape index (κ1) is 28.9. The fourth-order valence-electron chi connectivity index (χ4n) is 2.20. The van der Waals surface area contributed by atoms with Crippen LogP contribution in [0.1, 0.15) is 43.0 Å². The molecular formula is C19H15F6N3O5. The number of alkyl halides is 6. The fraction of sp³-hybridized carbons (Fsp3) is 0.105. The number of benzene rings is 2. The number of hydrogen-bond acceptors (Lipinski definition) is 6. The van der Waals surface area contributed by atoms with E-state index >= 15 is 0 Å². The summed E-state index contributed by atoms with van der Waals surface area (Å²) in [5.41, 5.74) is 0.763. The average Bonchev–Trinajstić information content (AvgIpc) is 2.73. The van der Waals surface area contributed by atoms with Crippen LogP contribution in [0.3, 0.4) is 0 Å². The number of nitriles is 1. The topological polar surface area (TPSA) is 171 Å². The molecule has 14 heteroatoms. The molecule has 0 bridgehead atoms. The molecule has 0 aromatic heterocycles. The van der Waals surface area contributed by atoms with E-state index in [2.05, 4.69) is 12.5 Å². The molecule has 0 unspecified atom stereocenters. The minimum Gasteiger partial charge on any atom is -0.478 e. The summed E-state index contributed by atoms with van der Waals surface area (Å²) in [5.74, 6) is 0.602. The Bertz CT molecular complexity index is 1080. The third-order valence-electron chi connectivity index (χ3n) is 3.61. The van der Waals surface area contributed by atoms with Gasteiger partial charge in [0.05, 0.1) is 33.9 Å². The van der Waals surface area contributed by atoms with E-state index in [0.717, 1.165) is 24.3 Å². The van der Waals surface area contributed by atoms with Crippen LogP contribution in [0.4, 0.5) is 26.3 Å². The number of hydrogen-bond donors (Lipinski definition) is 5. The van der Waals surface area contributed by atoms with Gasteiger partial charge >= 0.3 is 24.3 Å². The van der Waals surface area contributed by atoms with E-state index in [1.165, 1.54) is 6.07 Å². The van der Waals surface area contributed by atoms with Crippen molar-refractivity contribution in [2.24, 2.45) is 11.6 Å². The zero-order chi connectivity index (χ0) is 26.1. The van der Waals surface area contributed by atoms with Crippen molar-refractivity contribution in [3.63, 3.8) is 0 Å². The Morgan fingerprint density at radius 2 is 1.24 bits per heavy atom. The number of nitrogens with zero attached hydrogens (tertiary/aromatic N) is 1. The second-order valence-electron chi connectivity index (χ2n) is 5.76. The first-order valence-electron chi connectivity index (χ1n) is 8.09. The van der Waals surface area contributed by atoms with Crippen LogP contribution < -0.4 is 11.6 Å². The quantitative estimate of drug-likeness (QED) is 0.325. The molecule has 0 fully saturated rings. The van der Waals surface area contributed by atoms with E-state index in [1.54, 1.807) is 0 Å². The summed E-state index contributed by atoms with van der Waals surface area (Å²) in [6.07, 6.45) is -9.39. The Kier molecular flexibility index (Phi) is 10.1. The average molecular weight is 479 g/mol. The summed E-state index contributed by atoms with van der Waals surface area (Å²) in [5, 5.41) is 32.0. The normalized spacial score (nSPS) is 10.5. The third kappa shape index (κ3) is 8.16. The molecule has 0 saturated heterocycles. The monoisotopic (exact) mass is 479 g/mol. The van der Waals surface area contributed by atoms with Crippen molar-refractivity contribution in [2.45, 2.75) is 12.4 Å². The molecule has 0 heterocycles. The van der Waals surface area contributed by atoms with Gasteiger partial charge in [0, 0.05) is 11.3 Å². The van der Waals surface area contributed by atoms with Gasteiger partial charge in [-0.15, -0.1) is 0 Å². The zero-order valence-corrected chi connectivity index (χ0v) is 16.2. The molecule has 0 aliphatic heterocycles. The Morgan fingerprint density at radius 3 is 1.58 bits per heavy atom. The van der Waals surface area contributed by atoms with E-state index in [9.17, 15) is 35.9 Å². The molecule has 0 radical (unpaired) electrons. The van der Waals surface area contributed by atoms with E-state index in [-0.39, 0.29) is 11.3 Å². The van der Waals surface area contributed by atoms with E-state index in [4.69, 9.17) is 26.4 Å². The van der Waals surface area contributed by atoms with Crippen molar-refractivity contribution >= 4 is 17.6 Å². The number of nitrogens with two attached hydrogens (primary N) is 2. The van der Waals surface area contributed by atoms with Gasteiger partial charge in [-0.25, -0.2) is 15.5 Å². The molecule has 178 valence electrons. The summed E-state index contributed by atoms with van der Waals surface area (Å²) in [6.45, 7) is 3.20. The molecule has 2 aromatic carbocycles. The molecule has 2 aromatic rings. The lowest BCUT2D eigenvalue weighted by Gasteiger charge is -2.13. The second kappa shape index (κ2) is 11.5. The SMILES string of the molecule is C=C(N)c1ccc(C(=O)O)cc1C(F)(F)F.N#Cc1ccc(C(=O)O)cc1C(F)(F)F.NO. The summed E-state index contributed by atoms with van der Waals surface area (Å²) < 4.78 is 74.7. The van der Waals surface area contributed by atoms with Crippen LogP contribution in [0.25, 0.3) is 5.70 Å². The minimum absolute atomic E-state index is 0.260.